The summed E-state index contributed by atoms with van der Waals surface area (Å²) in [6.45, 7) is 0. The molecule has 0 fully saturated rings. The maximum Gasteiger partial charge on any atom is 0.124 e. The van der Waals surface area contributed by atoms with E-state index in [-0.39, 0.29) is 5.84 Å². The summed E-state index contributed by atoms with van der Waals surface area (Å²) in [5.41, 5.74) is 8.66. The normalized spacial score (nSPS) is 10.8. The largest absolute Gasteiger partial charge is 0.384 e. The molecule has 1 aromatic heterocycles. The number of halogens is 1. The van der Waals surface area contributed by atoms with E-state index in [9.17, 15) is 0 Å². The highest BCUT2D eigenvalue weighted by molar-refractivity contribution is 9.10. The van der Waals surface area contributed by atoms with Gasteiger partial charge >= 0.3 is 0 Å². The molecule has 94 valence electrons. The van der Waals surface area contributed by atoms with Crippen LogP contribution in [0.25, 0.3) is 16.7 Å². The Morgan fingerprint density at radius 3 is 2.79 bits per heavy atom. The third-order valence-electron chi connectivity index (χ3n) is 2.83. The van der Waals surface area contributed by atoms with Gasteiger partial charge in [-0.3, -0.25) is 5.41 Å². The average molecular weight is 316 g/mol. The van der Waals surface area contributed by atoms with Crippen molar-refractivity contribution < 1.29 is 0 Å². The van der Waals surface area contributed by atoms with Crippen LogP contribution in [-0.4, -0.2) is 20.8 Å². The van der Waals surface area contributed by atoms with Crippen LogP contribution in [0.1, 0.15) is 5.56 Å². The van der Waals surface area contributed by atoms with Gasteiger partial charge < -0.3 is 5.73 Å². The molecule has 0 saturated heterocycles. The van der Waals surface area contributed by atoms with Crippen LogP contribution in [-0.2, 0) is 0 Å². The Balaban J connectivity index is 2.32. The van der Waals surface area contributed by atoms with Crippen molar-refractivity contribution >= 4 is 32.8 Å². The molecule has 0 amide bonds. The second kappa shape index (κ2) is 4.47. The van der Waals surface area contributed by atoms with Gasteiger partial charge in [0.25, 0.3) is 0 Å². The van der Waals surface area contributed by atoms with Gasteiger partial charge in [-0.1, -0.05) is 33.3 Å². The lowest BCUT2D eigenvalue weighted by atomic mass is 10.1. The number of amidine groups is 1. The lowest BCUT2D eigenvalue weighted by molar-refractivity contribution is 0.822. The number of rotatable bonds is 2. The quantitative estimate of drug-likeness (QED) is 0.563. The van der Waals surface area contributed by atoms with E-state index in [2.05, 4.69) is 26.2 Å². The van der Waals surface area contributed by atoms with Crippen LogP contribution in [0.15, 0.2) is 46.9 Å². The first-order chi connectivity index (χ1) is 9.16. The van der Waals surface area contributed by atoms with Gasteiger partial charge in [-0.15, -0.1) is 5.10 Å². The van der Waals surface area contributed by atoms with Gasteiger partial charge in [-0.25, -0.2) is 4.68 Å². The predicted molar refractivity (Wildman–Crippen MR) is 77.6 cm³/mol. The number of fused-ring (bicyclic) bond motifs is 1. The average Bonchev–Trinajstić information content (AvgIpc) is 2.82. The van der Waals surface area contributed by atoms with Crippen molar-refractivity contribution in [1.82, 2.24) is 15.0 Å². The molecule has 1 heterocycles. The van der Waals surface area contributed by atoms with Gasteiger partial charge in [0.1, 0.15) is 11.4 Å². The highest BCUT2D eigenvalue weighted by atomic mass is 79.9. The summed E-state index contributed by atoms with van der Waals surface area (Å²) in [6, 6.07) is 13.2. The van der Waals surface area contributed by atoms with E-state index in [1.54, 1.807) is 10.7 Å². The Kier molecular flexibility index (Phi) is 2.79. The first-order valence-corrected chi connectivity index (χ1v) is 6.41. The molecule has 6 heteroatoms. The van der Waals surface area contributed by atoms with Crippen LogP contribution in [0.5, 0.6) is 0 Å². The number of nitrogens with one attached hydrogen (secondary N) is 1. The van der Waals surface area contributed by atoms with Crippen molar-refractivity contribution in [1.29, 1.82) is 5.41 Å². The second-order valence-electron chi connectivity index (χ2n) is 4.07. The Bertz CT molecular complexity index is 778. The molecule has 0 bridgehead atoms. The fourth-order valence-corrected chi connectivity index (χ4v) is 2.30. The van der Waals surface area contributed by atoms with Crippen LogP contribution in [0, 0.1) is 5.41 Å². The topological polar surface area (TPSA) is 80.6 Å². The highest BCUT2D eigenvalue weighted by Crippen LogP contribution is 2.23. The molecule has 0 aliphatic heterocycles. The molecule has 0 atom stereocenters. The van der Waals surface area contributed by atoms with Crippen molar-refractivity contribution in [2.75, 3.05) is 0 Å². The van der Waals surface area contributed by atoms with Crippen LogP contribution in [0.2, 0.25) is 0 Å². The monoisotopic (exact) mass is 315 g/mol. The minimum Gasteiger partial charge on any atom is -0.384 e. The second-order valence-corrected chi connectivity index (χ2v) is 4.98. The molecule has 19 heavy (non-hydrogen) atoms. The smallest absolute Gasteiger partial charge is 0.124 e. The van der Waals surface area contributed by atoms with E-state index in [0.717, 1.165) is 21.2 Å². The van der Waals surface area contributed by atoms with Gasteiger partial charge in [-0.05, 0) is 30.3 Å². The molecular formula is C13H10BrN5. The standard InChI is InChI=1S/C13H10BrN5/c14-8-5-6-9(13(15)16)12(7-8)19-11-4-2-1-3-10(11)17-18-19/h1-7H,(H3,15,16). The molecule has 0 aliphatic rings. The van der Waals surface area contributed by atoms with Crippen molar-refractivity contribution in [3.05, 3.63) is 52.5 Å². The van der Waals surface area contributed by atoms with Crippen molar-refractivity contribution in [2.24, 2.45) is 5.73 Å². The summed E-state index contributed by atoms with van der Waals surface area (Å²) in [6.07, 6.45) is 0. The van der Waals surface area contributed by atoms with Gasteiger partial charge in [0.05, 0.1) is 11.2 Å². The predicted octanol–water partition coefficient (Wildman–Crippen LogP) is 2.47. The molecule has 0 saturated carbocycles. The fraction of sp³-hybridized carbons (Fsp3) is 0. The Morgan fingerprint density at radius 1 is 1.21 bits per heavy atom. The molecule has 0 radical (unpaired) electrons. The molecular weight excluding hydrogens is 306 g/mol. The molecule has 0 unspecified atom stereocenters. The lowest BCUT2D eigenvalue weighted by Crippen LogP contribution is -2.15. The van der Waals surface area contributed by atoms with E-state index in [0.29, 0.717) is 5.56 Å². The van der Waals surface area contributed by atoms with Crippen LogP contribution in [0.3, 0.4) is 0 Å². The van der Waals surface area contributed by atoms with E-state index in [1.165, 1.54) is 0 Å². The maximum atomic E-state index is 7.66. The summed E-state index contributed by atoms with van der Waals surface area (Å²) in [5.74, 6) is 0.00193. The molecule has 3 rings (SSSR count). The number of nitrogens with zero attached hydrogens (tertiary/aromatic N) is 3. The van der Waals surface area contributed by atoms with Gasteiger partial charge in [0, 0.05) is 10.0 Å². The SMILES string of the molecule is N=C(N)c1ccc(Br)cc1-n1nnc2ccccc21. The van der Waals surface area contributed by atoms with Crippen LogP contribution in [0.4, 0.5) is 0 Å². The molecule has 3 aromatic rings. The summed E-state index contributed by atoms with van der Waals surface area (Å²) in [5, 5.41) is 15.9. The fourth-order valence-electron chi connectivity index (χ4n) is 1.95. The molecule has 3 N–H and O–H groups in total. The molecule has 5 nitrogen and oxygen atoms in total. The summed E-state index contributed by atoms with van der Waals surface area (Å²) in [7, 11) is 0. The number of hydrogen-bond acceptors (Lipinski definition) is 3. The van der Waals surface area contributed by atoms with Gasteiger partial charge in [0.15, 0.2) is 0 Å². The van der Waals surface area contributed by atoms with E-state index < -0.39 is 0 Å². The zero-order chi connectivity index (χ0) is 13.4. The zero-order valence-corrected chi connectivity index (χ0v) is 11.4. The third kappa shape index (κ3) is 2.00. The minimum absolute atomic E-state index is 0.00193. The first-order valence-electron chi connectivity index (χ1n) is 5.61. The summed E-state index contributed by atoms with van der Waals surface area (Å²) in [4.78, 5) is 0. The summed E-state index contributed by atoms with van der Waals surface area (Å²) < 4.78 is 2.59. The van der Waals surface area contributed by atoms with Gasteiger partial charge in [-0.2, -0.15) is 0 Å². The van der Waals surface area contributed by atoms with E-state index >= 15 is 0 Å². The number of benzene rings is 2. The van der Waals surface area contributed by atoms with Crippen molar-refractivity contribution in [3.63, 3.8) is 0 Å². The number of nitrogens with two attached hydrogens (primary N) is 1. The minimum atomic E-state index is 0.00193. The summed E-state index contributed by atoms with van der Waals surface area (Å²) >= 11 is 3.42. The number of aromatic nitrogens is 3. The van der Waals surface area contributed by atoms with E-state index in [1.807, 2.05) is 36.4 Å². The zero-order valence-electron chi connectivity index (χ0n) is 9.84. The van der Waals surface area contributed by atoms with Gasteiger partial charge in [0.2, 0.25) is 0 Å². The first kappa shape index (κ1) is 11.9. The highest BCUT2D eigenvalue weighted by Gasteiger charge is 2.12. The Hall–Kier alpha value is -2.21. The number of para-hydroxylation sites is 1. The van der Waals surface area contributed by atoms with Crippen molar-refractivity contribution in [3.8, 4) is 5.69 Å². The Morgan fingerprint density at radius 2 is 2.00 bits per heavy atom. The van der Waals surface area contributed by atoms with E-state index in [4.69, 9.17) is 11.1 Å². The lowest BCUT2D eigenvalue weighted by Gasteiger charge is -2.09. The number of hydrogen-bond donors (Lipinski definition) is 2. The van der Waals surface area contributed by atoms with Crippen LogP contribution >= 0.6 is 15.9 Å². The van der Waals surface area contributed by atoms with Crippen molar-refractivity contribution in [2.45, 2.75) is 0 Å². The maximum absolute atomic E-state index is 7.66. The third-order valence-corrected chi connectivity index (χ3v) is 3.32. The molecule has 0 spiro atoms. The molecule has 0 aliphatic carbocycles. The Labute approximate surface area is 117 Å². The number of nitrogen functional groups attached to an aromatic ring is 1. The van der Waals surface area contributed by atoms with Crippen LogP contribution < -0.4 is 5.73 Å². The molecule has 2 aromatic carbocycles.